The van der Waals surface area contributed by atoms with Gasteiger partial charge in [-0.05, 0) is 12.8 Å². The van der Waals surface area contributed by atoms with Gasteiger partial charge < -0.3 is 4.90 Å². The van der Waals surface area contributed by atoms with Gasteiger partial charge in [-0.2, -0.15) is 0 Å². The fourth-order valence-electron chi connectivity index (χ4n) is 2.21. The molecule has 0 radical (unpaired) electrons. The molecule has 6 nitrogen and oxygen atoms in total. The highest BCUT2D eigenvalue weighted by molar-refractivity contribution is 5.78. The van der Waals surface area contributed by atoms with E-state index in [0.29, 0.717) is 11.7 Å². The zero-order valence-corrected chi connectivity index (χ0v) is 11.7. The van der Waals surface area contributed by atoms with Crippen LogP contribution in [0, 0.1) is 16.2 Å². The highest BCUT2D eigenvalue weighted by Crippen LogP contribution is 2.18. The van der Waals surface area contributed by atoms with Crippen molar-refractivity contribution in [2.75, 3.05) is 20.6 Å². The molecule has 1 rings (SSSR count). The van der Waals surface area contributed by atoms with E-state index in [1.54, 1.807) is 0 Å². The normalized spacial score (nSPS) is 21.9. The second kappa shape index (κ2) is 8.79. The third kappa shape index (κ3) is 13.8. The quantitative estimate of drug-likeness (QED) is 0.553. The Kier molecular flexibility index (Phi) is 8.67. The number of halogens is 1. The molecule has 0 saturated heterocycles. The first-order valence-electron chi connectivity index (χ1n) is 6.11. The van der Waals surface area contributed by atoms with Crippen molar-refractivity contribution < 1.29 is 38.6 Å². The summed E-state index contributed by atoms with van der Waals surface area (Å²) in [5.41, 5.74) is 0. The first-order valence-corrected chi connectivity index (χ1v) is 7.34. The third-order valence-corrected chi connectivity index (χ3v) is 2.78. The number of nitrogens with one attached hydrogen (secondary N) is 1. The molecule has 0 aromatic carbocycles. The molecule has 0 aromatic rings. The van der Waals surface area contributed by atoms with Crippen LogP contribution in [0.3, 0.4) is 0 Å². The lowest BCUT2D eigenvalue weighted by atomic mass is 9.90. The van der Waals surface area contributed by atoms with Gasteiger partial charge in [0.2, 0.25) is 0 Å². The molecule has 0 heterocycles. The molecule has 1 saturated carbocycles. The Hall–Kier alpha value is -0.240. The Morgan fingerprint density at radius 2 is 1.72 bits per heavy atom. The molecular weight excluding hydrogens is 262 g/mol. The Morgan fingerprint density at radius 1 is 1.17 bits per heavy atom. The molecule has 0 aromatic heterocycles. The summed E-state index contributed by atoms with van der Waals surface area (Å²) in [7, 11) is -0.605. The van der Waals surface area contributed by atoms with Gasteiger partial charge in [-0.1, -0.05) is 12.8 Å². The van der Waals surface area contributed by atoms with Crippen molar-refractivity contribution in [3.05, 3.63) is 0 Å². The van der Waals surface area contributed by atoms with Crippen molar-refractivity contribution in [3.8, 4) is 0 Å². The standard InChI is InChI=1S/C11H21NO.ClHO4/c1-12(2)9-10-6-4-3-5-7-11(13)8-10;2-1(3,4)5/h10H,3-9H2,1-2H3;(H,2,3,4,5). The Bertz CT molecular complexity index is 236. The number of Topliss-reactive ketones (excluding diaryl/α,β-unsaturated/α-hetero) is 1. The van der Waals surface area contributed by atoms with E-state index in [1.807, 2.05) is 0 Å². The molecular formula is C11H22ClNO5. The van der Waals surface area contributed by atoms with Crippen LogP contribution in [0.15, 0.2) is 0 Å². The largest absolute Gasteiger partial charge is 0.340 e. The number of rotatable bonds is 2. The molecule has 1 aliphatic rings. The molecule has 0 bridgehead atoms. The first-order chi connectivity index (χ1) is 8.18. The SMILES string of the molecule is C[NH+](C)CC1CCCCCC(=O)C1.[O-][Cl+3]([O-])([O-])[O-]. The molecule has 1 atom stereocenters. The summed E-state index contributed by atoms with van der Waals surface area (Å²) in [6.07, 6.45) is 6.64. The van der Waals surface area contributed by atoms with Crippen molar-refractivity contribution >= 4 is 5.78 Å². The predicted molar refractivity (Wildman–Crippen MR) is 53.9 cm³/mol. The topological polar surface area (TPSA) is 114 Å². The zero-order valence-electron chi connectivity index (χ0n) is 10.9. The minimum Gasteiger partial charge on any atom is -0.340 e. The van der Waals surface area contributed by atoms with Gasteiger partial charge in [0.15, 0.2) is 0 Å². The molecule has 1 unspecified atom stereocenters. The van der Waals surface area contributed by atoms with Gasteiger partial charge in [-0.25, -0.2) is 18.6 Å². The van der Waals surface area contributed by atoms with Crippen LogP contribution in [0.1, 0.15) is 38.5 Å². The maximum atomic E-state index is 11.4. The summed E-state index contributed by atoms with van der Waals surface area (Å²) in [4.78, 5) is 12.9. The van der Waals surface area contributed by atoms with Crippen LogP contribution in [0.2, 0.25) is 0 Å². The fourth-order valence-corrected chi connectivity index (χ4v) is 2.21. The molecule has 1 aliphatic carbocycles. The van der Waals surface area contributed by atoms with Crippen molar-refractivity contribution in [2.45, 2.75) is 38.5 Å². The number of hydrogen-bond donors (Lipinski definition) is 1. The van der Waals surface area contributed by atoms with Crippen molar-refractivity contribution in [1.29, 1.82) is 0 Å². The van der Waals surface area contributed by atoms with Crippen LogP contribution < -0.4 is 23.5 Å². The van der Waals surface area contributed by atoms with E-state index in [0.717, 1.165) is 25.8 Å². The van der Waals surface area contributed by atoms with Gasteiger partial charge in [0, 0.05) is 18.8 Å². The van der Waals surface area contributed by atoms with Gasteiger partial charge in [0.1, 0.15) is 5.78 Å². The minimum atomic E-state index is -4.94. The van der Waals surface area contributed by atoms with E-state index < -0.39 is 10.2 Å². The van der Waals surface area contributed by atoms with Crippen LogP contribution in [0.5, 0.6) is 0 Å². The van der Waals surface area contributed by atoms with E-state index in [4.69, 9.17) is 18.6 Å². The average molecular weight is 284 g/mol. The monoisotopic (exact) mass is 283 g/mol. The van der Waals surface area contributed by atoms with Crippen LogP contribution in [0.4, 0.5) is 0 Å². The van der Waals surface area contributed by atoms with E-state index in [-0.39, 0.29) is 0 Å². The number of quaternary nitrogens is 1. The van der Waals surface area contributed by atoms with E-state index in [9.17, 15) is 4.79 Å². The second-order valence-electron chi connectivity index (χ2n) is 5.00. The summed E-state index contributed by atoms with van der Waals surface area (Å²) in [5.74, 6) is 1.14. The molecule has 1 N–H and O–H groups in total. The number of hydrogen-bond acceptors (Lipinski definition) is 5. The lowest BCUT2D eigenvalue weighted by molar-refractivity contribution is -2.00. The van der Waals surface area contributed by atoms with Crippen LogP contribution in [-0.2, 0) is 4.79 Å². The maximum Gasteiger partial charge on any atom is 0.133 e. The van der Waals surface area contributed by atoms with Crippen LogP contribution in [-0.4, -0.2) is 26.4 Å². The van der Waals surface area contributed by atoms with Crippen LogP contribution >= 0.6 is 0 Å². The molecule has 7 heteroatoms. The summed E-state index contributed by atoms with van der Waals surface area (Å²) in [6, 6.07) is 0. The third-order valence-electron chi connectivity index (χ3n) is 2.78. The van der Waals surface area contributed by atoms with Crippen LogP contribution in [0.25, 0.3) is 0 Å². The van der Waals surface area contributed by atoms with E-state index in [1.165, 1.54) is 24.2 Å². The summed E-state index contributed by atoms with van der Waals surface area (Å²) in [5, 5.41) is 0. The maximum absolute atomic E-state index is 11.4. The Morgan fingerprint density at radius 3 is 2.22 bits per heavy atom. The van der Waals surface area contributed by atoms with Crippen molar-refractivity contribution in [3.63, 3.8) is 0 Å². The number of ketones is 1. The Labute approximate surface area is 110 Å². The fraction of sp³-hybridized carbons (Fsp3) is 0.909. The van der Waals surface area contributed by atoms with Crippen molar-refractivity contribution in [2.24, 2.45) is 5.92 Å². The molecule has 0 spiro atoms. The van der Waals surface area contributed by atoms with E-state index in [2.05, 4.69) is 14.1 Å². The van der Waals surface area contributed by atoms with Gasteiger partial charge in [-0.15, -0.1) is 10.2 Å². The molecule has 108 valence electrons. The van der Waals surface area contributed by atoms with E-state index >= 15 is 0 Å². The highest BCUT2D eigenvalue weighted by atomic mass is 35.7. The smallest absolute Gasteiger partial charge is 0.133 e. The molecule has 18 heavy (non-hydrogen) atoms. The zero-order chi connectivity index (χ0) is 14.2. The van der Waals surface area contributed by atoms with Gasteiger partial charge in [0.05, 0.1) is 20.6 Å². The molecule has 0 aliphatic heterocycles. The predicted octanol–water partition coefficient (Wildman–Crippen LogP) is -4.09. The Balaban J connectivity index is 0.000000494. The van der Waals surface area contributed by atoms with Gasteiger partial charge in [-0.3, -0.25) is 4.79 Å². The number of carbonyl (C=O) groups is 1. The first kappa shape index (κ1) is 17.8. The number of carbonyl (C=O) groups excluding carboxylic acids is 1. The highest BCUT2D eigenvalue weighted by Gasteiger charge is 2.18. The summed E-state index contributed by atoms with van der Waals surface area (Å²) in [6.45, 7) is 1.16. The lowest BCUT2D eigenvalue weighted by Crippen LogP contribution is -3.06. The lowest BCUT2D eigenvalue weighted by Gasteiger charge is -2.20. The summed E-state index contributed by atoms with van der Waals surface area (Å²) < 4.78 is 34.0. The van der Waals surface area contributed by atoms with Gasteiger partial charge in [0.25, 0.3) is 0 Å². The van der Waals surface area contributed by atoms with Gasteiger partial charge >= 0.3 is 0 Å². The average Bonchev–Trinajstić information content (AvgIpc) is 2.09. The minimum absolute atomic E-state index is 0.492. The molecule has 1 fully saturated rings. The molecule has 0 amide bonds. The summed E-state index contributed by atoms with van der Waals surface area (Å²) >= 11 is 0. The second-order valence-corrected chi connectivity index (χ2v) is 5.75. The van der Waals surface area contributed by atoms with Crippen molar-refractivity contribution in [1.82, 2.24) is 0 Å².